The summed E-state index contributed by atoms with van der Waals surface area (Å²) in [5, 5.41) is 3.05. The van der Waals surface area contributed by atoms with E-state index in [-0.39, 0.29) is 12.1 Å². The predicted molar refractivity (Wildman–Crippen MR) is 59.8 cm³/mol. The van der Waals surface area contributed by atoms with Crippen LogP contribution in [0.2, 0.25) is 0 Å². The maximum Gasteiger partial charge on any atom is 0.320 e. The maximum atomic E-state index is 11.1. The first kappa shape index (κ1) is 14.4. The fourth-order valence-corrected chi connectivity index (χ4v) is 1.17. The van der Waals surface area contributed by atoms with Crippen LogP contribution < -0.4 is 5.32 Å². The number of hydrogen-bond acceptors (Lipinski definition) is 4. The number of carbonyl (C=O) groups excluding carboxylic acids is 1. The molecule has 1 N–H and O–H groups in total. The van der Waals surface area contributed by atoms with Crippen molar-refractivity contribution in [2.45, 2.75) is 39.2 Å². The molecule has 0 saturated heterocycles. The van der Waals surface area contributed by atoms with Gasteiger partial charge in [-0.25, -0.2) is 0 Å². The lowest BCUT2D eigenvalue weighted by molar-refractivity contribution is -0.146. The number of hydrogen-bond donors (Lipinski definition) is 1. The van der Waals surface area contributed by atoms with Crippen LogP contribution in [-0.4, -0.2) is 38.9 Å². The molecular weight excluding hydrogens is 194 g/mol. The van der Waals surface area contributed by atoms with Crippen LogP contribution in [0.5, 0.6) is 0 Å². The molecule has 0 heterocycles. The van der Waals surface area contributed by atoms with E-state index >= 15 is 0 Å². The van der Waals surface area contributed by atoms with E-state index in [0.717, 1.165) is 32.4 Å². The van der Waals surface area contributed by atoms with Gasteiger partial charge in [-0.05, 0) is 39.7 Å². The van der Waals surface area contributed by atoms with Crippen molar-refractivity contribution in [3.8, 4) is 0 Å². The quantitative estimate of drug-likeness (QED) is 0.468. The number of ether oxygens (including phenoxy) is 2. The summed E-state index contributed by atoms with van der Waals surface area (Å²) in [6.07, 6.45) is 3.24. The van der Waals surface area contributed by atoms with Gasteiger partial charge in [-0.1, -0.05) is 0 Å². The SMILES string of the molecule is COCCCCCNCC(=O)OC(C)C. The van der Waals surface area contributed by atoms with E-state index in [1.165, 1.54) is 0 Å². The monoisotopic (exact) mass is 217 g/mol. The molecule has 0 radical (unpaired) electrons. The van der Waals surface area contributed by atoms with Crippen LogP contribution in [0.25, 0.3) is 0 Å². The lowest BCUT2D eigenvalue weighted by Gasteiger charge is -2.08. The number of rotatable bonds is 9. The maximum absolute atomic E-state index is 11.1. The Bertz CT molecular complexity index is 160. The molecule has 0 atom stereocenters. The molecular formula is C11H23NO3. The summed E-state index contributed by atoms with van der Waals surface area (Å²) in [6, 6.07) is 0. The summed E-state index contributed by atoms with van der Waals surface area (Å²) in [7, 11) is 1.71. The van der Waals surface area contributed by atoms with Gasteiger partial charge in [0.1, 0.15) is 0 Å². The molecule has 0 bridgehead atoms. The molecule has 0 aliphatic carbocycles. The highest BCUT2D eigenvalue weighted by Gasteiger charge is 2.03. The average molecular weight is 217 g/mol. The lowest BCUT2D eigenvalue weighted by Crippen LogP contribution is -2.27. The molecule has 0 aliphatic heterocycles. The molecule has 0 aliphatic rings. The van der Waals surface area contributed by atoms with Gasteiger partial charge in [-0.3, -0.25) is 4.79 Å². The first-order chi connectivity index (χ1) is 7.16. The Balaban J connectivity index is 3.13. The Morgan fingerprint density at radius 2 is 2.00 bits per heavy atom. The zero-order chi connectivity index (χ0) is 11.5. The Hall–Kier alpha value is -0.610. The van der Waals surface area contributed by atoms with Gasteiger partial charge in [0.25, 0.3) is 0 Å². The van der Waals surface area contributed by atoms with Gasteiger partial charge < -0.3 is 14.8 Å². The highest BCUT2D eigenvalue weighted by atomic mass is 16.5. The van der Waals surface area contributed by atoms with Crippen LogP contribution in [-0.2, 0) is 14.3 Å². The van der Waals surface area contributed by atoms with Crippen molar-refractivity contribution in [3.05, 3.63) is 0 Å². The van der Waals surface area contributed by atoms with Crippen LogP contribution in [0.4, 0.5) is 0 Å². The Labute approximate surface area is 92.3 Å². The third-order valence-corrected chi connectivity index (χ3v) is 1.84. The molecule has 0 spiro atoms. The minimum absolute atomic E-state index is 0.0268. The summed E-state index contributed by atoms with van der Waals surface area (Å²) >= 11 is 0. The molecule has 15 heavy (non-hydrogen) atoms. The van der Waals surface area contributed by atoms with Crippen LogP contribution in [0.3, 0.4) is 0 Å². The van der Waals surface area contributed by atoms with Crippen molar-refractivity contribution in [2.24, 2.45) is 0 Å². The van der Waals surface area contributed by atoms with Gasteiger partial charge in [0, 0.05) is 13.7 Å². The normalized spacial score (nSPS) is 10.7. The highest BCUT2D eigenvalue weighted by Crippen LogP contribution is 1.94. The fourth-order valence-electron chi connectivity index (χ4n) is 1.17. The standard InChI is InChI=1S/C11H23NO3/c1-10(2)15-11(13)9-12-7-5-4-6-8-14-3/h10,12H,4-9H2,1-3H3. The van der Waals surface area contributed by atoms with Crippen LogP contribution in [0.15, 0.2) is 0 Å². The van der Waals surface area contributed by atoms with Crippen molar-refractivity contribution in [1.82, 2.24) is 5.32 Å². The van der Waals surface area contributed by atoms with Gasteiger partial charge >= 0.3 is 5.97 Å². The third-order valence-electron chi connectivity index (χ3n) is 1.84. The van der Waals surface area contributed by atoms with E-state index in [2.05, 4.69) is 5.32 Å². The van der Waals surface area contributed by atoms with Crippen molar-refractivity contribution in [1.29, 1.82) is 0 Å². The highest BCUT2D eigenvalue weighted by molar-refractivity contribution is 5.71. The molecule has 4 nitrogen and oxygen atoms in total. The second-order valence-corrected chi connectivity index (χ2v) is 3.77. The van der Waals surface area contributed by atoms with Gasteiger partial charge in [0.15, 0.2) is 0 Å². The van der Waals surface area contributed by atoms with E-state index in [4.69, 9.17) is 9.47 Å². The molecule has 0 aromatic heterocycles. The molecule has 0 rings (SSSR count). The van der Waals surface area contributed by atoms with Gasteiger partial charge in [0.05, 0.1) is 12.6 Å². The Kier molecular flexibility index (Phi) is 9.52. The van der Waals surface area contributed by atoms with Crippen molar-refractivity contribution >= 4 is 5.97 Å². The predicted octanol–water partition coefficient (Wildman–Crippen LogP) is 1.34. The third kappa shape index (κ3) is 11.3. The minimum atomic E-state index is -0.179. The fraction of sp³-hybridized carbons (Fsp3) is 0.909. The first-order valence-electron chi connectivity index (χ1n) is 5.56. The van der Waals surface area contributed by atoms with E-state index in [9.17, 15) is 4.79 Å². The van der Waals surface area contributed by atoms with Crippen molar-refractivity contribution in [3.63, 3.8) is 0 Å². The van der Waals surface area contributed by atoms with Crippen LogP contribution in [0.1, 0.15) is 33.1 Å². The smallest absolute Gasteiger partial charge is 0.320 e. The molecule has 0 aromatic carbocycles. The Morgan fingerprint density at radius 3 is 2.60 bits per heavy atom. The minimum Gasteiger partial charge on any atom is -0.462 e. The molecule has 0 saturated carbocycles. The largest absolute Gasteiger partial charge is 0.462 e. The number of unbranched alkanes of at least 4 members (excludes halogenated alkanes) is 2. The molecule has 90 valence electrons. The first-order valence-corrected chi connectivity index (χ1v) is 5.56. The summed E-state index contributed by atoms with van der Waals surface area (Å²) in [4.78, 5) is 11.1. The Morgan fingerprint density at radius 1 is 1.27 bits per heavy atom. The molecule has 0 unspecified atom stereocenters. The van der Waals surface area contributed by atoms with Gasteiger partial charge in [-0.15, -0.1) is 0 Å². The van der Waals surface area contributed by atoms with E-state index in [1.807, 2.05) is 13.8 Å². The summed E-state index contributed by atoms with van der Waals surface area (Å²) < 4.78 is 9.91. The number of nitrogens with one attached hydrogen (secondary N) is 1. The summed E-state index contributed by atoms with van der Waals surface area (Å²) in [6.45, 7) is 5.68. The van der Waals surface area contributed by atoms with Crippen molar-refractivity contribution in [2.75, 3.05) is 26.8 Å². The number of methoxy groups -OCH3 is 1. The summed E-state index contributed by atoms with van der Waals surface area (Å²) in [5.41, 5.74) is 0. The molecule has 0 amide bonds. The zero-order valence-electron chi connectivity index (χ0n) is 10.0. The van der Waals surface area contributed by atoms with Gasteiger partial charge in [-0.2, -0.15) is 0 Å². The van der Waals surface area contributed by atoms with E-state index in [0.29, 0.717) is 6.54 Å². The summed E-state index contributed by atoms with van der Waals surface area (Å²) in [5.74, 6) is -0.179. The zero-order valence-corrected chi connectivity index (χ0v) is 10.0. The van der Waals surface area contributed by atoms with E-state index in [1.54, 1.807) is 7.11 Å². The van der Waals surface area contributed by atoms with Crippen molar-refractivity contribution < 1.29 is 14.3 Å². The lowest BCUT2D eigenvalue weighted by atomic mass is 10.2. The topological polar surface area (TPSA) is 47.6 Å². The van der Waals surface area contributed by atoms with Crippen LogP contribution in [0, 0.1) is 0 Å². The molecule has 0 fully saturated rings. The van der Waals surface area contributed by atoms with Crippen LogP contribution >= 0.6 is 0 Å². The van der Waals surface area contributed by atoms with E-state index < -0.39 is 0 Å². The number of esters is 1. The molecule has 0 aromatic rings. The van der Waals surface area contributed by atoms with Gasteiger partial charge in [0.2, 0.25) is 0 Å². The second kappa shape index (κ2) is 9.93. The number of carbonyl (C=O) groups is 1. The average Bonchev–Trinajstić information content (AvgIpc) is 2.15. The molecule has 4 heteroatoms. The second-order valence-electron chi connectivity index (χ2n) is 3.77.